The topological polar surface area (TPSA) is 79.5 Å². The molecule has 0 radical (unpaired) electrons. The first-order valence-corrected chi connectivity index (χ1v) is 7.79. The summed E-state index contributed by atoms with van der Waals surface area (Å²) in [6, 6.07) is 12.1. The van der Waals surface area contributed by atoms with Crippen molar-refractivity contribution in [1.29, 1.82) is 0 Å². The summed E-state index contributed by atoms with van der Waals surface area (Å²) >= 11 is 0. The summed E-state index contributed by atoms with van der Waals surface area (Å²) in [6.07, 6.45) is 3.99. The SMILES string of the molecule is Cc1ccc(CNC(=O)/C=C/c2coc3cc(O)ccc3c2=O)cc1. The molecule has 2 N–H and O–H groups in total. The molecule has 1 heterocycles. The lowest BCUT2D eigenvalue weighted by Gasteiger charge is -2.03. The molecule has 25 heavy (non-hydrogen) atoms. The second kappa shape index (κ2) is 7.05. The Hall–Kier alpha value is -3.34. The summed E-state index contributed by atoms with van der Waals surface area (Å²) in [7, 11) is 0. The van der Waals surface area contributed by atoms with Crippen molar-refractivity contribution in [3.8, 4) is 5.75 Å². The van der Waals surface area contributed by atoms with E-state index in [0.717, 1.165) is 11.1 Å². The number of aryl methyl sites for hydroxylation is 1. The molecule has 0 fully saturated rings. The van der Waals surface area contributed by atoms with Crippen LogP contribution in [0.15, 0.2) is 64.0 Å². The lowest BCUT2D eigenvalue weighted by molar-refractivity contribution is -0.116. The van der Waals surface area contributed by atoms with Crippen LogP contribution in [-0.4, -0.2) is 11.0 Å². The second-order valence-electron chi connectivity index (χ2n) is 5.74. The molecule has 0 aliphatic carbocycles. The van der Waals surface area contributed by atoms with E-state index in [1.54, 1.807) is 0 Å². The van der Waals surface area contributed by atoms with Gasteiger partial charge in [-0.25, -0.2) is 0 Å². The van der Waals surface area contributed by atoms with E-state index in [1.807, 2.05) is 31.2 Å². The van der Waals surface area contributed by atoms with Gasteiger partial charge in [-0.2, -0.15) is 0 Å². The van der Waals surface area contributed by atoms with E-state index in [-0.39, 0.29) is 22.6 Å². The number of rotatable bonds is 4. The summed E-state index contributed by atoms with van der Waals surface area (Å²) in [4.78, 5) is 24.3. The molecule has 3 aromatic rings. The summed E-state index contributed by atoms with van der Waals surface area (Å²) in [6.45, 7) is 2.41. The fourth-order valence-electron chi connectivity index (χ4n) is 2.37. The molecule has 0 unspecified atom stereocenters. The molecule has 0 aliphatic heterocycles. The fraction of sp³-hybridized carbons (Fsp3) is 0.100. The molecular weight excluding hydrogens is 318 g/mol. The van der Waals surface area contributed by atoms with Gasteiger partial charge < -0.3 is 14.8 Å². The number of phenols is 1. The molecule has 0 bridgehead atoms. The Kier molecular flexibility index (Phi) is 4.66. The zero-order chi connectivity index (χ0) is 17.8. The van der Waals surface area contributed by atoms with Gasteiger partial charge in [0.15, 0.2) is 5.43 Å². The summed E-state index contributed by atoms with van der Waals surface area (Å²) in [5, 5.41) is 12.5. The molecule has 5 heteroatoms. The Labute approximate surface area is 144 Å². The standard InChI is InChI=1S/C20H17NO4/c1-13-2-4-14(5-3-13)11-21-19(23)9-6-15-12-25-18-10-16(22)7-8-17(18)20(15)24/h2-10,12,22H,11H2,1H3,(H,21,23)/b9-6+. The van der Waals surface area contributed by atoms with Crippen LogP contribution in [0.4, 0.5) is 0 Å². The quantitative estimate of drug-likeness (QED) is 0.718. The van der Waals surface area contributed by atoms with Crippen LogP contribution in [0.25, 0.3) is 17.0 Å². The third-order valence-corrected chi connectivity index (χ3v) is 3.79. The Morgan fingerprint density at radius 3 is 2.72 bits per heavy atom. The van der Waals surface area contributed by atoms with Gasteiger partial charge in [-0.05, 0) is 30.7 Å². The zero-order valence-electron chi connectivity index (χ0n) is 13.7. The number of carbonyl (C=O) groups is 1. The molecule has 1 amide bonds. The molecule has 0 saturated heterocycles. The molecule has 1 aromatic heterocycles. The van der Waals surface area contributed by atoms with Crippen LogP contribution in [0.5, 0.6) is 5.75 Å². The van der Waals surface area contributed by atoms with Gasteiger partial charge in [0, 0.05) is 18.7 Å². The van der Waals surface area contributed by atoms with Crippen molar-refractivity contribution in [2.75, 3.05) is 0 Å². The minimum atomic E-state index is -0.300. The number of amides is 1. The van der Waals surface area contributed by atoms with E-state index in [2.05, 4.69) is 5.32 Å². The molecule has 0 spiro atoms. The van der Waals surface area contributed by atoms with E-state index >= 15 is 0 Å². The van der Waals surface area contributed by atoms with Crippen molar-refractivity contribution < 1.29 is 14.3 Å². The number of phenolic OH excluding ortho intramolecular Hbond substituents is 1. The highest BCUT2D eigenvalue weighted by Gasteiger charge is 2.06. The number of hydrogen-bond donors (Lipinski definition) is 2. The molecule has 0 saturated carbocycles. The maximum atomic E-state index is 12.3. The fourth-order valence-corrected chi connectivity index (χ4v) is 2.37. The summed E-state index contributed by atoms with van der Waals surface area (Å²) in [5.74, 6) is -0.278. The van der Waals surface area contributed by atoms with E-state index in [0.29, 0.717) is 17.5 Å². The van der Waals surface area contributed by atoms with Gasteiger partial charge in [-0.3, -0.25) is 9.59 Å². The van der Waals surface area contributed by atoms with E-state index in [1.165, 1.54) is 36.6 Å². The van der Waals surface area contributed by atoms with Crippen LogP contribution in [-0.2, 0) is 11.3 Å². The zero-order valence-corrected chi connectivity index (χ0v) is 13.7. The van der Waals surface area contributed by atoms with Crippen LogP contribution in [0.3, 0.4) is 0 Å². The monoisotopic (exact) mass is 335 g/mol. The highest BCUT2D eigenvalue weighted by molar-refractivity contribution is 5.92. The highest BCUT2D eigenvalue weighted by atomic mass is 16.3. The minimum Gasteiger partial charge on any atom is -0.508 e. The molecule has 3 rings (SSSR count). The van der Waals surface area contributed by atoms with Gasteiger partial charge in [-0.1, -0.05) is 29.8 Å². The number of fused-ring (bicyclic) bond motifs is 1. The third kappa shape index (κ3) is 3.95. The van der Waals surface area contributed by atoms with Gasteiger partial charge in [0.25, 0.3) is 0 Å². The minimum absolute atomic E-state index is 0.0226. The number of nitrogens with one attached hydrogen (secondary N) is 1. The third-order valence-electron chi connectivity index (χ3n) is 3.79. The number of carbonyl (C=O) groups excluding carboxylic acids is 1. The first-order valence-electron chi connectivity index (χ1n) is 7.79. The van der Waals surface area contributed by atoms with Gasteiger partial charge in [0.2, 0.25) is 5.91 Å². The van der Waals surface area contributed by atoms with E-state index in [9.17, 15) is 14.7 Å². The largest absolute Gasteiger partial charge is 0.508 e. The Morgan fingerprint density at radius 1 is 1.20 bits per heavy atom. The normalized spacial score (nSPS) is 11.1. The van der Waals surface area contributed by atoms with Crippen LogP contribution in [0, 0.1) is 6.92 Å². The number of benzene rings is 2. The second-order valence-corrected chi connectivity index (χ2v) is 5.74. The number of hydrogen-bond acceptors (Lipinski definition) is 4. The molecule has 5 nitrogen and oxygen atoms in total. The van der Waals surface area contributed by atoms with E-state index in [4.69, 9.17) is 4.42 Å². The van der Waals surface area contributed by atoms with Crippen LogP contribution >= 0.6 is 0 Å². The van der Waals surface area contributed by atoms with Crippen molar-refractivity contribution in [2.24, 2.45) is 0 Å². The van der Waals surface area contributed by atoms with Crippen molar-refractivity contribution in [1.82, 2.24) is 5.32 Å². The average Bonchev–Trinajstić information content (AvgIpc) is 2.60. The summed E-state index contributed by atoms with van der Waals surface area (Å²) < 4.78 is 5.33. The molecule has 126 valence electrons. The molecular formula is C20H17NO4. The maximum Gasteiger partial charge on any atom is 0.244 e. The summed E-state index contributed by atoms with van der Waals surface area (Å²) in [5.41, 5.74) is 2.46. The van der Waals surface area contributed by atoms with Gasteiger partial charge in [0.05, 0.1) is 10.9 Å². The van der Waals surface area contributed by atoms with Crippen molar-refractivity contribution in [2.45, 2.75) is 13.5 Å². The lowest BCUT2D eigenvalue weighted by atomic mass is 10.1. The predicted molar refractivity (Wildman–Crippen MR) is 96.2 cm³/mol. The van der Waals surface area contributed by atoms with Crippen LogP contribution in [0.1, 0.15) is 16.7 Å². The Balaban J connectivity index is 1.70. The van der Waals surface area contributed by atoms with Gasteiger partial charge >= 0.3 is 0 Å². The predicted octanol–water partition coefficient (Wildman–Crippen LogP) is 3.14. The van der Waals surface area contributed by atoms with Crippen molar-refractivity contribution >= 4 is 23.0 Å². The Bertz CT molecular complexity index is 1000. The van der Waals surface area contributed by atoms with Crippen LogP contribution < -0.4 is 10.7 Å². The van der Waals surface area contributed by atoms with Crippen LogP contribution in [0.2, 0.25) is 0 Å². The average molecular weight is 335 g/mol. The van der Waals surface area contributed by atoms with Crippen molar-refractivity contribution in [3.63, 3.8) is 0 Å². The first kappa shape index (κ1) is 16.5. The Morgan fingerprint density at radius 2 is 1.96 bits per heavy atom. The molecule has 0 aliphatic rings. The van der Waals surface area contributed by atoms with Gasteiger partial charge in [0.1, 0.15) is 17.6 Å². The molecule has 0 atom stereocenters. The first-order chi connectivity index (χ1) is 12.0. The molecule has 2 aromatic carbocycles. The van der Waals surface area contributed by atoms with E-state index < -0.39 is 0 Å². The van der Waals surface area contributed by atoms with Gasteiger partial charge in [-0.15, -0.1) is 0 Å². The lowest BCUT2D eigenvalue weighted by Crippen LogP contribution is -2.20. The number of aromatic hydroxyl groups is 1. The van der Waals surface area contributed by atoms with Crippen molar-refractivity contribution in [3.05, 3.63) is 81.7 Å². The smallest absolute Gasteiger partial charge is 0.244 e. The highest BCUT2D eigenvalue weighted by Crippen LogP contribution is 2.18. The maximum absolute atomic E-state index is 12.3.